The van der Waals surface area contributed by atoms with Crippen molar-refractivity contribution < 1.29 is 37.0 Å². The van der Waals surface area contributed by atoms with Crippen molar-refractivity contribution in [3.05, 3.63) is 47.0 Å². The number of benzene rings is 1. The molecule has 1 N–H and O–H groups in total. The van der Waals surface area contributed by atoms with Gasteiger partial charge in [-0.1, -0.05) is 0 Å². The molecule has 4 bridgehead atoms. The Bertz CT molecular complexity index is 1380. The number of esters is 3. The van der Waals surface area contributed by atoms with E-state index in [1.807, 2.05) is 6.08 Å². The zero-order valence-corrected chi connectivity index (χ0v) is 27.5. The van der Waals surface area contributed by atoms with Crippen molar-refractivity contribution in [1.29, 1.82) is 0 Å². The van der Waals surface area contributed by atoms with E-state index in [9.17, 15) is 22.8 Å². The number of carbonyl (C=O) groups is 3. The second-order valence-electron chi connectivity index (χ2n) is 12.4. The molecule has 0 heterocycles. The van der Waals surface area contributed by atoms with Crippen molar-refractivity contribution in [2.45, 2.75) is 62.4 Å². The molecule has 2 unspecified atom stereocenters. The third-order valence-electron chi connectivity index (χ3n) is 10.0. The Hall–Kier alpha value is -1.91. The van der Waals surface area contributed by atoms with Gasteiger partial charge in [0, 0.05) is 0 Å². The average Bonchev–Trinajstić information content (AvgIpc) is 3.64. The van der Waals surface area contributed by atoms with Crippen LogP contribution in [0.5, 0.6) is 0 Å². The Labute approximate surface area is 258 Å². The van der Waals surface area contributed by atoms with E-state index >= 15 is 0 Å². The van der Waals surface area contributed by atoms with Crippen molar-refractivity contribution in [2.24, 2.45) is 34.5 Å². The summed E-state index contributed by atoms with van der Waals surface area (Å²) in [5.74, 6) is -2.05. The zero-order chi connectivity index (χ0) is 30.4. The Morgan fingerprint density at radius 3 is 2.57 bits per heavy atom. The first-order chi connectivity index (χ1) is 19.8. The van der Waals surface area contributed by atoms with E-state index in [0.717, 1.165) is 12.8 Å². The van der Waals surface area contributed by atoms with Crippen LogP contribution >= 0.6 is 11.6 Å². The fourth-order valence-electron chi connectivity index (χ4n) is 7.77. The van der Waals surface area contributed by atoms with Crippen LogP contribution in [0.3, 0.4) is 0 Å². The fraction of sp³-hybridized carbons (Fsp3) is 0.633. The van der Waals surface area contributed by atoms with Gasteiger partial charge in [-0.15, -0.1) is 0 Å². The number of hydrogen-bond donors (Lipinski definition) is 1. The third kappa shape index (κ3) is 5.67. The van der Waals surface area contributed by atoms with Crippen LogP contribution in [0.25, 0.3) is 0 Å². The Morgan fingerprint density at radius 2 is 1.90 bits per heavy atom. The summed E-state index contributed by atoms with van der Waals surface area (Å²) in [4.78, 5) is 39.8. The molecule has 4 aliphatic rings. The summed E-state index contributed by atoms with van der Waals surface area (Å²) < 4.78 is 45.7. The van der Waals surface area contributed by atoms with Crippen LogP contribution in [0.2, 0.25) is 9.84 Å². The molecule has 1 aromatic rings. The number of halogens is 1. The van der Waals surface area contributed by atoms with E-state index < -0.39 is 59.4 Å². The number of ether oxygens (including phenoxy) is 3. The summed E-state index contributed by atoms with van der Waals surface area (Å²) in [5.41, 5.74) is -0.945. The molecule has 9 nitrogen and oxygen atoms in total. The summed E-state index contributed by atoms with van der Waals surface area (Å²) in [6, 6.07) is 6.28. The summed E-state index contributed by atoms with van der Waals surface area (Å²) in [6.07, 6.45) is 6.24. The van der Waals surface area contributed by atoms with Crippen molar-refractivity contribution in [1.82, 2.24) is 4.72 Å². The van der Waals surface area contributed by atoms with Crippen molar-refractivity contribution in [3.8, 4) is 0 Å². The number of hydrogen-bond acceptors (Lipinski definition) is 8. The first-order valence-electron chi connectivity index (χ1n) is 14.4. The minimum atomic E-state index is -3.62. The van der Waals surface area contributed by atoms with E-state index in [2.05, 4.69) is 24.6 Å². The predicted molar refractivity (Wildman–Crippen MR) is 157 cm³/mol. The standard InChI is InChI=1S/C30H38ClNO8SSe/c1-5-32-41(36,37)16-30-12-11-20(29(30,2)3)15-22(30)39-27(35)28(40-25(33)19-7-6-8-21(31)14-19)42-24-18-10-9-17(13-18)23(24)26(34)38-4/h6-10,14,17-18,20,22-24,28,32H,5,11-13,15-16H2,1-4H3/t17-,18+,20-,22-,23?,24+,28?,30-/m1/s1. The first kappa shape index (κ1) is 31.5. The van der Waals surface area contributed by atoms with Gasteiger partial charge in [0.2, 0.25) is 0 Å². The summed E-state index contributed by atoms with van der Waals surface area (Å²) in [6.45, 7) is 6.12. The van der Waals surface area contributed by atoms with Gasteiger partial charge in [0.05, 0.1) is 0 Å². The zero-order valence-electron chi connectivity index (χ0n) is 24.2. The Morgan fingerprint density at radius 1 is 1.17 bits per heavy atom. The quantitative estimate of drug-likeness (QED) is 0.160. The molecular formula is C30H38ClNO8SSe. The van der Waals surface area contributed by atoms with E-state index in [0.29, 0.717) is 17.9 Å². The van der Waals surface area contributed by atoms with Gasteiger partial charge in [-0.05, 0) is 0 Å². The van der Waals surface area contributed by atoms with Crippen molar-refractivity contribution >= 4 is 54.5 Å². The molecule has 8 atom stereocenters. The monoisotopic (exact) mass is 687 g/mol. The average molecular weight is 687 g/mol. The summed E-state index contributed by atoms with van der Waals surface area (Å²) in [7, 11) is -2.26. The molecular weight excluding hydrogens is 649 g/mol. The summed E-state index contributed by atoms with van der Waals surface area (Å²) >= 11 is 5.42. The van der Waals surface area contributed by atoms with E-state index in [4.69, 9.17) is 25.8 Å². The number of carbonyl (C=O) groups excluding carboxylic acids is 3. The molecule has 3 fully saturated rings. The van der Waals surface area contributed by atoms with Crippen molar-refractivity contribution in [3.63, 3.8) is 0 Å². The van der Waals surface area contributed by atoms with Gasteiger partial charge in [-0.2, -0.15) is 0 Å². The molecule has 42 heavy (non-hydrogen) atoms. The number of allylic oxidation sites excluding steroid dienone is 2. The van der Waals surface area contributed by atoms with E-state index in [1.54, 1.807) is 25.1 Å². The molecule has 0 aromatic heterocycles. The molecule has 4 aliphatic carbocycles. The van der Waals surface area contributed by atoms with Gasteiger partial charge >= 0.3 is 260 Å². The molecule has 0 radical (unpaired) electrons. The SMILES string of the molecule is CCNS(=O)(=O)C[C@]12CC[C@H](C[C@H]1OC(=O)C(OC(=O)c1cccc(Cl)c1)[Se][C@@H]1C(C(=O)OC)[C@@H]3C=C[C@H]1C3)C2(C)C. The van der Waals surface area contributed by atoms with E-state index in [1.165, 1.54) is 13.2 Å². The number of fused-ring (bicyclic) bond motifs is 4. The molecule has 0 amide bonds. The Balaban J connectivity index is 1.42. The summed E-state index contributed by atoms with van der Waals surface area (Å²) in [5, 5.41) is -0.885. The maximum atomic E-state index is 14.0. The molecule has 5 rings (SSSR count). The fourth-order valence-corrected chi connectivity index (χ4v) is 13.0. The van der Waals surface area contributed by atoms with Crippen LogP contribution in [0.4, 0.5) is 0 Å². The molecule has 3 saturated carbocycles. The third-order valence-corrected chi connectivity index (χ3v) is 15.0. The van der Waals surface area contributed by atoms with Crippen LogP contribution in [-0.2, 0) is 33.8 Å². The minimum absolute atomic E-state index is 0.0144. The number of sulfonamides is 1. The topological polar surface area (TPSA) is 125 Å². The van der Waals surface area contributed by atoms with E-state index in [-0.39, 0.29) is 51.8 Å². The van der Waals surface area contributed by atoms with Gasteiger partial charge in [-0.25, -0.2) is 0 Å². The first-order valence-corrected chi connectivity index (χ1v) is 18.4. The molecule has 0 aliphatic heterocycles. The Kier molecular flexibility index (Phi) is 8.91. The van der Waals surface area contributed by atoms with Crippen LogP contribution in [0, 0.1) is 34.5 Å². The van der Waals surface area contributed by atoms with Crippen LogP contribution < -0.4 is 4.72 Å². The maximum absolute atomic E-state index is 14.0. The number of nitrogens with one attached hydrogen (secondary N) is 1. The van der Waals surface area contributed by atoms with Gasteiger partial charge in [-0.3, -0.25) is 0 Å². The molecule has 0 spiro atoms. The van der Waals surface area contributed by atoms with Gasteiger partial charge in [0.25, 0.3) is 0 Å². The number of methoxy groups -OCH3 is 1. The molecule has 230 valence electrons. The van der Waals surface area contributed by atoms with Gasteiger partial charge in [0.15, 0.2) is 0 Å². The second kappa shape index (κ2) is 11.9. The van der Waals surface area contributed by atoms with Crippen molar-refractivity contribution in [2.75, 3.05) is 19.4 Å². The van der Waals surface area contributed by atoms with Crippen LogP contribution in [0.15, 0.2) is 36.4 Å². The molecule has 1 aromatic carbocycles. The normalized spacial score (nSPS) is 33.0. The van der Waals surface area contributed by atoms with Crippen LogP contribution in [0.1, 0.15) is 56.8 Å². The molecule has 0 saturated heterocycles. The predicted octanol–water partition coefficient (Wildman–Crippen LogP) is 3.99. The number of rotatable bonds is 11. The van der Waals surface area contributed by atoms with Crippen LogP contribution in [-0.4, -0.2) is 71.8 Å². The van der Waals surface area contributed by atoms with Gasteiger partial charge in [0.1, 0.15) is 0 Å². The second-order valence-corrected chi connectivity index (χ2v) is 17.2. The van der Waals surface area contributed by atoms with Gasteiger partial charge < -0.3 is 0 Å². The molecule has 12 heteroatoms.